The molecule has 0 aliphatic rings. The van der Waals surface area contributed by atoms with E-state index in [0.29, 0.717) is 12.8 Å². The summed E-state index contributed by atoms with van der Waals surface area (Å²) in [7, 11) is 0. The molecule has 2 atom stereocenters. The average Bonchev–Trinajstić information content (AvgIpc) is 2.49. The number of aliphatic hydroxyl groups is 4. The highest BCUT2D eigenvalue weighted by molar-refractivity contribution is 5.88. The molecule has 0 radical (unpaired) electrons. The maximum atomic E-state index is 9.60. The first-order chi connectivity index (χ1) is 9.65. The monoisotopic (exact) mass is 276 g/mol. The molecule has 4 heteroatoms. The molecule has 108 valence electrons. The molecule has 0 bridgehead atoms. The van der Waals surface area contributed by atoms with Crippen molar-refractivity contribution >= 4 is 10.8 Å². The Morgan fingerprint density at radius 1 is 0.700 bits per heavy atom. The Bertz CT molecular complexity index is 517. The zero-order valence-corrected chi connectivity index (χ0v) is 11.2. The normalized spacial score (nSPS) is 14.4. The third kappa shape index (κ3) is 3.35. The smallest absolute Gasteiger partial charge is 0.0811 e. The summed E-state index contributed by atoms with van der Waals surface area (Å²) >= 11 is 0. The van der Waals surface area contributed by atoms with Gasteiger partial charge in [-0.3, -0.25) is 0 Å². The molecule has 0 heterocycles. The molecule has 0 fully saturated rings. The van der Waals surface area contributed by atoms with Gasteiger partial charge in [0.15, 0.2) is 0 Å². The Morgan fingerprint density at radius 3 is 1.45 bits per heavy atom. The van der Waals surface area contributed by atoms with Crippen LogP contribution in [0.2, 0.25) is 0 Å². The lowest BCUT2D eigenvalue weighted by atomic mass is 9.94. The van der Waals surface area contributed by atoms with Crippen molar-refractivity contribution in [2.45, 2.75) is 25.0 Å². The van der Waals surface area contributed by atoms with E-state index in [1.54, 1.807) is 0 Å². The number of fused-ring (bicyclic) bond motifs is 1. The predicted molar refractivity (Wildman–Crippen MR) is 77.5 cm³/mol. The van der Waals surface area contributed by atoms with Gasteiger partial charge in [0.25, 0.3) is 0 Å². The van der Waals surface area contributed by atoms with Crippen LogP contribution in [0.5, 0.6) is 0 Å². The minimum absolute atomic E-state index is 0.265. The lowest BCUT2D eigenvalue weighted by Gasteiger charge is -2.15. The van der Waals surface area contributed by atoms with Gasteiger partial charge in [-0.2, -0.15) is 0 Å². The van der Waals surface area contributed by atoms with Gasteiger partial charge in [0, 0.05) is 12.8 Å². The second kappa shape index (κ2) is 6.81. The van der Waals surface area contributed by atoms with Crippen LogP contribution in [-0.4, -0.2) is 45.8 Å². The SMILES string of the molecule is OCC(O)Cc1ccc(CC(O)CO)c2ccccc12. The molecular formula is C16H20O4. The molecule has 0 aromatic heterocycles. The largest absolute Gasteiger partial charge is 0.394 e. The minimum atomic E-state index is -0.771. The van der Waals surface area contributed by atoms with E-state index in [2.05, 4.69) is 0 Å². The topological polar surface area (TPSA) is 80.9 Å². The minimum Gasteiger partial charge on any atom is -0.394 e. The van der Waals surface area contributed by atoms with Crippen molar-refractivity contribution in [3.8, 4) is 0 Å². The third-order valence-corrected chi connectivity index (χ3v) is 3.44. The van der Waals surface area contributed by atoms with Crippen LogP contribution in [-0.2, 0) is 12.8 Å². The van der Waals surface area contributed by atoms with Crippen molar-refractivity contribution in [2.24, 2.45) is 0 Å². The van der Waals surface area contributed by atoms with Crippen LogP contribution < -0.4 is 0 Å². The van der Waals surface area contributed by atoms with Crippen LogP contribution in [0.1, 0.15) is 11.1 Å². The molecule has 0 saturated heterocycles. The number of rotatable bonds is 6. The summed E-state index contributed by atoms with van der Waals surface area (Å²) in [5.74, 6) is 0. The van der Waals surface area contributed by atoms with Crippen molar-refractivity contribution in [1.82, 2.24) is 0 Å². The van der Waals surface area contributed by atoms with E-state index in [4.69, 9.17) is 10.2 Å². The summed E-state index contributed by atoms with van der Waals surface area (Å²) < 4.78 is 0. The number of hydrogen-bond donors (Lipinski definition) is 4. The van der Waals surface area contributed by atoms with Crippen LogP contribution >= 0.6 is 0 Å². The molecule has 20 heavy (non-hydrogen) atoms. The molecule has 4 nitrogen and oxygen atoms in total. The Hall–Kier alpha value is -1.46. The highest BCUT2D eigenvalue weighted by Crippen LogP contribution is 2.25. The molecule has 2 aromatic rings. The molecule has 2 rings (SSSR count). The van der Waals surface area contributed by atoms with Crippen molar-refractivity contribution in [3.05, 3.63) is 47.5 Å². The molecule has 2 unspecified atom stereocenters. The first-order valence-corrected chi connectivity index (χ1v) is 6.73. The summed E-state index contributed by atoms with van der Waals surface area (Å²) in [6, 6.07) is 11.6. The Labute approximate surface area is 117 Å². The van der Waals surface area contributed by atoms with Gasteiger partial charge in [0.1, 0.15) is 0 Å². The summed E-state index contributed by atoms with van der Waals surface area (Å²) in [6.45, 7) is -0.529. The summed E-state index contributed by atoms with van der Waals surface area (Å²) in [6.07, 6.45) is -0.765. The van der Waals surface area contributed by atoms with Gasteiger partial charge in [-0.1, -0.05) is 36.4 Å². The Kier molecular flexibility index (Phi) is 5.09. The first-order valence-electron chi connectivity index (χ1n) is 6.73. The number of aliphatic hydroxyl groups excluding tert-OH is 4. The van der Waals surface area contributed by atoms with Gasteiger partial charge in [0.05, 0.1) is 25.4 Å². The van der Waals surface area contributed by atoms with E-state index in [-0.39, 0.29) is 13.2 Å². The maximum Gasteiger partial charge on any atom is 0.0811 e. The van der Waals surface area contributed by atoms with E-state index in [0.717, 1.165) is 21.9 Å². The van der Waals surface area contributed by atoms with Gasteiger partial charge in [-0.15, -0.1) is 0 Å². The first kappa shape index (κ1) is 14.9. The van der Waals surface area contributed by atoms with Crippen LogP contribution in [0.3, 0.4) is 0 Å². The van der Waals surface area contributed by atoms with Crippen LogP contribution in [0.25, 0.3) is 10.8 Å². The molecule has 0 aliphatic heterocycles. The van der Waals surface area contributed by atoms with Crippen LogP contribution in [0.15, 0.2) is 36.4 Å². The van der Waals surface area contributed by atoms with Gasteiger partial charge in [-0.25, -0.2) is 0 Å². The van der Waals surface area contributed by atoms with E-state index in [9.17, 15) is 10.2 Å². The van der Waals surface area contributed by atoms with E-state index < -0.39 is 12.2 Å². The molecular weight excluding hydrogens is 256 g/mol. The highest BCUT2D eigenvalue weighted by atomic mass is 16.3. The third-order valence-electron chi connectivity index (χ3n) is 3.44. The zero-order chi connectivity index (χ0) is 14.5. The fraction of sp³-hybridized carbons (Fsp3) is 0.375. The Morgan fingerprint density at radius 2 is 1.10 bits per heavy atom. The molecule has 4 N–H and O–H groups in total. The van der Waals surface area contributed by atoms with Crippen LogP contribution in [0.4, 0.5) is 0 Å². The predicted octanol–water partition coefficient (Wildman–Crippen LogP) is 0.631. The highest BCUT2D eigenvalue weighted by Gasteiger charge is 2.12. The number of benzene rings is 2. The van der Waals surface area contributed by atoms with Crippen molar-refractivity contribution in [2.75, 3.05) is 13.2 Å². The van der Waals surface area contributed by atoms with Crippen molar-refractivity contribution in [1.29, 1.82) is 0 Å². The summed E-state index contributed by atoms with van der Waals surface area (Å²) in [4.78, 5) is 0. The van der Waals surface area contributed by atoms with Gasteiger partial charge in [0.2, 0.25) is 0 Å². The quantitative estimate of drug-likeness (QED) is 0.624. The van der Waals surface area contributed by atoms with Crippen molar-refractivity contribution in [3.63, 3.8) is 0 Å². The molecule has 2 aromatic carbocycles. The number of hydrogen-bond acceptors (Lipinski definition) is 4. The molecule has 0 spiro atoms. The zero-order valence-electron chi connectivity index (χ0n) is 11.2. The lowest BCUT2D eigenvalue weighted by molar-refractivity contribution is 0.0952. The molecule has 0 saturated carbocycles. The maximum absolute atomic E-state index is 9.60. The summed E-state index contributed by atoms with van der Waals surface area (Å²) in [5, 5.41) is 39.1. The van der Waals surface area contributed by atoms with E-state index >= 15 is 0 Å². The molecule has 0 aliphatic carbocycles. The Balaban J connectivity index is 2.41. The standard InChI is InChI=1S/C16H20O4/c17-9-13(19)7-11-5-6-12(8-14(20)10-18)16-4-2-1-3-15(11)16/h1-6,13-14,17-20H,7-10H2. The second-order valence-corrected chi connectivity index (χ2v) is 5.01. The average molecular weight is 276 g/mol. The summed E-state index contributed by atoms with van der Waals surface area (Å²) in [5.41, 5.74) is 1.92. The fourth-order valence-corrected chi connectivity index (χ4v) is 2.42. The van der Waals surface area contributed by atoms with E-state index in [1.165, 1.54) is 0 Å². The second-order valence-electron chi connectivity index (χ2n) is 5.01. The fourth-order valence-electron chi connectivity index (χ4n) is 2.42. The molecule has 0 amide bonds. The van der Waals surface area contributed by atoms with Crippen LogP contribution in [0, 0.1) is 0 Å². The lowest BCUT2D eigenvalue weighted by Crippen LogP contribution is -2.17. The van der Waals surface area contributed by atoms with Crippen molar-refractivity contribution < 1.29 is 20.4 Å². The van der Waals surface area contributed by atoms with Gasteiger partial charge >= 0.3 is 0 Å². The van der Waals surface area contributed by atoms with Gasteiger partial charge in [-0.05, 0) is 21.9 Å². The van der Waals surface area contributed by atoms with Gasteiger partial charge < -0.3 is 20.4 Å². The van der Waals surface area contributed by atoms with E-state index in [1.807, 2.05) is 36.4 Å².